The third-order valence-electron chi connectivity index (χ3n) is 11.6. The van der Waals surface area contributed by atoms with Gasteiger partial charge in [-0.3, -0.25) is 19.8 Å². The molecule has 4 heterocycles. The van der Waals surface area contributed by atoms with Gasteiger partial charge in [-0.2, -0.15) is 0 Å². The summed E-state index contributed by atoms with van der Waals surface area (Å²) in [5, 5.41) is 16.7. The van der Waals surface area contributed by atoms with E-state index < -0.39 is 37.5 Å². The van der Waals surface area contributed by atoms with Crippen LogP contribution < -0.4 is 24.4 Å². The minimum Gasteiger partial charge on any atom is -0.489 e. The number of rotatable bonds is 13. The maximum Gasteiger partial charge on any atom is 0.297 e. The molecular formula is C45H50ClN7O8S. The summed E-state index contributed by atoms with van der Waals surface area (Å²) >= 11 is 6.24. The number of halogens is 1. The van der Waals surface area contributed by atoms with Crippen LogP contribution in [0.3, 0.4) is 0 Å². The van der Waals surface area contributed by atoms with Gasteiger partial charge in [-0.1, -0.05) is 43.2 Å². The highest BCUT2D eigenvalue weighted by atomic mass is 35.5. The number of anilines is 2. The van der Waals surface area contributed by atoms with Crippen LogP contribution in [0.4, 0.5) is 17.1 Å². The average Bonchev–Trinajstić information content (AvgIpc) is 3.71. The first kappa shape index (κ1) is 43.0. The number of pyridine rings is 1. The van der Waals surface area contributed by atoms with Crippen molar-refractivity contribution in [2.45, 2.75) is 64.0 Å². The lowest BCUT2D eigenvalue weighted by Crippen LogP contribution is -2.47. The van der Waals surface area contributed by atoms with E-state index in [-0.39, 0.29) is 47.5 Å². The number of nitro benzene ring substituents is 1. The minimum atomic E-state index is -4.66. The summed E-state index contributed by atoms with van der Waals surface area (Å²) in [6.45, 7) is 12.6. The van der Waals surface area contributed by atoms with Crippen molar-refractivity contribution in [2.75, 3.05) is 56.2 Å². The Bertz CT molecular complexity index is 2640. The lowest BCUT2D eigenvalue weighted by molar-refractivity contribution is -0.384. The molecule has 17 heteroatoms. The van der Waals surface area contributed by atoms with Gasteiger partial charge in [0.05, 0.1) is 40.3 Å². The molecular weight excluding hydrogens is 834 g/mol. The summed E-state index contributed by atoms with van der Waals surface area (Å²) in [4.78, 5) is 37.1. The van der Waals surface area contributed by atoms with Crippen molar-refractivity contribution in [1.29, 1.82) is 0 Å². The van der Waals surface area contributed by atoms with Gasteiger partial charge in [0.15, 0.2) is 11.4 Å². The number of ether oxygens (including phenoxy) is 3. The molecule has 0 radical (unpaired) electrons. The quantitative estimate of drug-likeness (QED) is 0.0760. The molecule has 5 aromatic rings. The summed E-state index contributed by atoms with van der Waals surface area (Å²) in [6, 6.07) is 18.4. The summed E-state index contributed by atoms with van der Waals surface area (Å²) in [5.74, 6) is -0.577. The van der Waals surface area contributed by atoms with Crippen molar-refractivity contribution in [1.82, 2.24) is 19.6 Å². The second-order valence-corrected chi connectivity index (χ2v) is 19.2. The number of hydrogen-bond donors (Lipinski definition) is 3. The first-order chi connectivity index (χ1) is 29.6. The highest BCUT2D eigenvalue weighted by Gasteiger charge is 2.33. The van der Waals surface area contributed by atoms with Crippen molar-refractivity contribution >= 4 is 61.2 Å². The molecule has 62 heavy (non-hydrogen) atoms. The predicted molar refractivity (Wildman–Crippen MR) is 239 cm³/mol. The molecule has 326 valence electrons. The summed E-state index contributed by atoms with van der Waals surface area (Å²) < 4.78 is 47.5. The van der Waals surface area contributed by atoms with E-state index in [1.54, 1.807) is 24.4 Å². The van der Waals surface area contributed by atoms with E-state index in [4.69, 9.17) is 25.8 Å². The van der Waals surface area contributed by atoms with E-state index >= 15 is 0 Å². The van der Waals surface area contributed by atoms with Gasteiger partial charge in [0, 0.05) is 73.2 Å². The van der Waals surface area contributed by atoms with Gasteiger partial charge >= 0.3 is 0 Å². The fraction of sp³-hybridized carbons (Fsp3) is 0.378. The van der Waals surface area contributed by atoms with E-state index in [1.807, 2.05) is 32.0 Å². The zero-order chi connectivity index (χ0) is 43.8. The molecule has 0 unspecified atom stereocenters. The van der Waals surface area contributed by atoms with Crippen LogP contribution in [0.15, 0.2) is 89.6 Å². The highest BCUT2D eigenvalue weighted by Crippen LogP contribution is 2.44. The smallest absolute Gasteiger partial charge is 0.297 e. The van der Waals surface area contributed by atoms with Gasteiger partial charge in [-0.05, 0) is 86.1 Å². The number of amides is 1. The third kappa shape index (κ3) is 9.68. The predicted octanol–water partition coefficient (Wildman–Crippen LogP) is 8.42. The Morgan fingerprint density at radius 1 is 1.08 bits per heavy atom. The molecule has 8 rings (SSSR count). The number of H-pyrrole nitrogens is 1. The third-order valence-corrected chi connectivity index (χ3v) is 13.1. The molecule has 3 aliphatic rings. The molecule has 3 N–H and O–H groups in total. The largest absolute Gasteiger partial charge is 0.489 e. The highest BCUT2D eigenvalue weighted by molar-refractivity contribution is 7.90. The van der Waals surface area contributed by atoms with Crippen molar-refractivity contribution < 1.29 is 32.3 Å². The second kappa shape index (κ2) is 17.6. The average molecular weight is 884 g/mol. The molecule has 3 aromatic carbocycles. The number of aromatic nitrogens is 2. The Balaban J connectivity index is 1.02. The number of fused-ring (bicyclic) bond motifs is 2. The minimum absolute atomic E-state index is 0.0294. The lowest BCUT2D eigenvalue weighted by atomic mass is 9.72. The number of nitrogens with zero attached hydrogens (tertiary/aromatic N) is 4. The fourth-order valence-corrected chi connectivity index (χ4v) is 9.31. The molecule has 0 saturated carbocycles. The number of nitro groups is 1. The number of carbonyl (C=O) groups is 1. The molecule has 1 amide bonds. The van der Waals surface area contributed by atoms with E-state index in [0.717, 1.165) is 67.1 Å². The van der Waals surface area contributed by atoms with Crippen LogP contribution in [0, 0.1) is 15.5 Å². The van der Waals surface area contributed by atoms with Gasteiger partial charge < -0.3 is 29.4 Å². The second-order valence-electron chi connectivity index (χ2n) is 17.1. The number of allylic oxidation sites excluding steroid dienone is 1. The van der Waals surface area contributed by atoms with Crippen molar-refractivity contribution in [3.05, 3.63) is 111 Å². The van der Waals surface area contributed by atoms with Gasteiger partial charge in [-0.25, -0.2) is 18.1 Å². The first-order valence-corrected chi connectivity index (χ1v) is 22.6. The monoisotopic (exact) mass is 883 g/mol. The molecule has 15 nitrogen and oxygen atoms in total. The van der Waals surface area contributed by atoms with Crippen LogP contribution in [0.5, 0.6) is 17.2 Å². The number of sulfonamides is 1. The molecule has 0 spiro atoms. The SMILES string of the molecule is CC(C)OC[C@H]1COc2cc(S(=O)(=O)NC(=O)c3ccc(N4CCN(CC5=C(c6ccc(Cl)cc6)CC(C)(C)CC5)CC4)cc3Oc3cnc4[nH]ccc4c3)cc([N+](=O)[O-])c2N1. The van der Waals surface area contributed by atoms with E-state index in [2.05, 4.69) is 55.8 Å². The summed E-state index contributed by atoms with van der Waals surface area (Å²) in [5.41, 5.74) is 5.20. The first-order valence-electron chi connectivity index (χ1n) is 20.7. The van der Waals surface area contributed by atoms with Crippen LogP contribution in [-0.2, 0) is 14.8 Å². The zero-order valence-electron chi connectivity index (χ0n) is 35.1. The van der Waals surface area contributed by atoms with Crippen LogP contribution in [-0.4, -0.2) is 92.2 Å². The Kier molecular flexibility index (Phi) is 12.2. The Morgan fingerprint density at radius 3 is 2.60 bits per heavy atom. The van der Waals surface area contributed by atoms with Crippen molar-refractivity contribution in [3.63, 3.8) is 0 Å². The van der Waals surface area contributed by atoms with Crippen LogP contribution in [0.1, 0.15) is 62.9 Å². The van der Waals surface area contributed by atoms with Gasteiger partial charge in [0.25, 0.3) is 21.6 Å². The number of aromatic amines is 1. The topological polar surface area (TPSA) is 181 Å². The number of piperazine rings is 1. The molecule has 1 aliphatic carbocycles. The zero-order valence-corrected chi connectivity index (χ0v) is 36.6. The van der Waals surface area contributed by atoms with Crippen molar-refractivity contribution in [2.24, 2.45) is 5.41 Å². The van der Waals surface area contributed by atoms with Crippen LogP contribution >= 0.6 is 11.6 Å². The molecule has 2 aliphatic heterocycles. The molecule has 2 aromatic heterocycles. The fourth-order valence-electron chi connectivity index (χ4n) is 8.18. The number of hydrogen-bond acceptors (Lipinski definition) is 12. The summed E-state index contributed by atoms with van der Waals surface area (Å²) in [6.07, 6.45) is 6.38. The molecule has 0 bridgehead atoms. The standard InChI is InChI=1S/C45H50ClN7O8S/c1-28(2)59-26-33-27-60-41-22-36(21-39(53(55)56)42(41)49-33)62(57,58)50-44(54)37-10-9-34(20-40(37)61-35-19-30-12-14-47-43(30)48-24-35)52-17-15-51(16-18-52)25-31-11-13-45(3,4)23-38(31)29-5-7-32(46)8-6-29/h5-10,12,14,19-22,24,28,33,49H,11,13,15-18,23,25-27H2,1-4H3,(H,47,48)(H,50,54)/t33-/m0/s1. The number of benzene rings is 3. The van der Waals surface area contributed by atoms with Crippen LogP contribution in [0.25, 0.3) is 16.6 Å². The van der Waals surface area contributed by atoms with E-state index in [1.165, 1.54) is 29.0 Å². The normalized spacial score (nSPS) is 18.0. The molecule has 1 atom stereocenters. The Labute approximate surface area is 365 Å². The maximum atomic E-state index is 14.0. The molecule has 1 fully saturated rings. The van der Waals surface area contributed by atoms with Gasteiger partial charge in [0.1, 0.15) is 23.8 Å². The van der Waals surface area contributed by atoms with E-state index in [9.17, 15) is 23.3 Å². The lowest BCUT2D eigenvalue weighted by Gasteiger charge is -2.39. The van der Waals surface area contributed by atoms with Gasteiger partial charge in [0.2, 0.25) is 0 Å². The summed E-state index contributed by atoms with van der Waals surface area (Å²) in [7, 11) is -4.66. The number of carbonyl (C=O) groups excluding carboxylic acids is 1. The Hall–Kier alpha value is -5.68. The van der Waals surface area contributed by atoms with Crippen LogP contribution in [0.2, 0.25) is 5.02 Å². The maximum absolute atomic E-state index is 14.0. The Morgan fingerprint density at radius 2 is 1.85 bits per heavy atom. The van der Waals surface area contributed by atoms with Gasteiger partial charge in [-0.15, -0.1) is 0 Å². The molecule has 1 saturated heterocycles. The van der Waals surface area contributed by atoms with Crippen molar-refractivity contribution in [3.8, 4) is 17.2 Å². The van der Waals surface area contributed by atoms with E-state index in [0.29, 0.717) is 24.5 Å². The number of nitrogens with one attached hydrogen (secondary N) is 3.